The van der Waals surface area contributed by atoms with E-state index in [9.17, 15) is 9.67 Å². The van der Waals surface area contributed by atoms with Crippen LogP contribution in [0.25, 0.3) is 0 Å². The van der Waals surface area contributed by atoms with Crippen molar-refractivity contribution in [1.29, 1.82) is 0 Å². The predicted molar refractivity (Wildman–Crippen MR) is 76.5 cm³/mol. The van der Waals surface area contributed by atoms with Gasteiger partial charge in [0.1, 0.15) is 0 Å². The minimum absolute atomic E-state index is 0.0571. The van der Waals surface area contributed by atoms with Crippen LogP contribution in [0.3, 0.4) is 0 Å². The zero-order valence-corrected chi connectivity index (χ0v) is 12.5. The Morgan fingerprint density at radius 2 is 1.74 bits per heavy atom. The van der Waals surface area contributed by atoms with E-state index in [2.05, 4.69) is 0 Å². The molecule has 0 fully saturated rings. The van der Waals surface area contributed by atoms with Crippen molar-refractivity contribution in [2.75, 3.05) is 19.4 Å². The number of benzene rings is 1. The molecule has 0 aromatic heterocycles. The Morgan fingerprint density at radius 1 is 1.16 bits per heavy atom. The third-order valence-corrected chi connectivity index (χ3v) is 4.87. The van der Waals surface area contributed by atoms with Crippen molar-refractivity contribution in [3.8, 4) is 0 Å². The Kier molecular flexibility index (Phi) is 7.32. The molecule has 0 radical (unpaired) electrons. The molecule has 1 N–H and O–H groups in total. The molecule has 1 rings (SSSR count). The third-order valence-electron chi connectivity index (χ3n) is 2.70. The van der Waals surface area contributed by atoms with Crippen LogP contribution in [0.5, 0.6) is 0 Å². The topological polar surface area (TPSA) is 55.8 Å². The fraction of sp³-hybridized carbons (Fsp3) is 0.571. The van der Waals surface area contributed by atoms with Gasteiger partial charge in [0.2, 0.25) is 0 Å². The first-order chi connectivity index (χ1) is 9.09. The molecule has 5 heteroatoms. The first-order valence-electron chi connectivity index (χ1n) is 6.69. The van der Waals surface area contributed by atoms with Crippen LogP contribution in [0.1, 0.15) is 25.8 Å². The fourth-order valence-corrected chi connectivity index (χ4v) is 3.63. The van der Waals surface area contributed by atoms with Gasteiger partial charge in [0.15, 0.2) is 0 Å². The van der Waals surface area contributed by atoms with Crippen molar-refractivity contribution in [2.45, 2.75) is 32.8 Å². The average molecular weight is 286 g/mol. The second kappa shape index (κ2) is 8.49. The van der Waals surface area contributed by atoms with E-state index in [-0.39, 0.29) is 6.16 Å². The van der Waals surface area contributed by atoms with Crippen LogP contribution in [-0.2, 0) is 20.0 Å². The highest BCUT2D eigenvalue weighted by Gasteiger charge is 2.27. The molecule has 0 saturated heterocycles. The molecule has 0 aliphatic rings. The van der Waals surface area contributed by atoms with Crippen LogP contribution in [-0.4, -0.2) is 30.6 Å². The van der Waals surface area contributed by atoms with Crippen molar-refractivity contribution in [2.24, 2.45) is 0 Å². The number of hydrogen-bond acceptors (Lipinski definition) is 4. The normalized spacial score (nSPS) is 13.4. The van der Waals surface area contributed by atoms with Gasteiger partial charge in [-0.15, -0.1) is 0 Å². The highest BCUT2D eigenvalue weighted by atomic mass is 31.2. The largest absolute Gasteiger partial charge is 0.392 e. The summed E-state index contributed by atoms with van der Waals surface area (Å²) in [5.74, 6) is 0. The maximum Gasteiger partial charge on any atom is 0.333 e. The molecule has 1 aromatic carbocycles. The summed E-state index contributed by atoms with van der Waals surface area (Å²) in [7, 11) is -3.15. The van der Waals surface area contributed by atoms with E-state index in [1.165, 1.54) is 0 Å². The molecule has 4 nitrogen and oxygen atoms in total. The van der Waals surface area contributed by atoms with E-state index >= 15 is 0 Å². The predicted octanol–water partition coefficient (Wildman–Crippen LogP) is 3.25. The minimum atomic E-state index is -3.15. The van der Waals surface area contributed by atoms with Crippen molar-refractivity contribution < 1.29 is 18.7 Å². The Bertz CT molecular complexity index is 384. The first kappa shape index (κ1) is 16.4. The smallest absolute Gasteiger partial charge is 0.333 e. The molecular formula is C14H23O4P. The number of rotatable bonds is 9. The van der Waals surface area contributed by atoms with Gasteiger partial charge in [0.05, 0.1) is 25.5 Å². The fourth-order valence-electron chi connectivity index (χ4n) is 1.86. The minimum Gasteiger partial charge on any atom is -0.392 e. The van der Waals surface area contributed by atoms with Crippen molar-refractivity contribution in [1.82, 2.24) is 0 Å². The van der Waals surface area contributed by atoms with Crippen LogP contribution < -0.4 is 0 Å². The van der Waals surface area contributed by atoms with Gasteiger partial charge >= 0.3 is 7.60 Å². The van der Waals surface area contributed by atoms with Gasteiger partial charge < -0.3 is 14.2 Å². The molecule has 19 heavy (non-hydrogen) atoms. The molecule has 1 unspecified atom stereocenters. The molecule has 0 heterocycles. The van der Waals surface area contributed by atoms with Gasteiger partial charge in [0.25, 0.3) is 0 Å². The maximum absolute atomic E-state index is 12.2. The molecule has 1 atom stereocenters. The molecule has 0 saturated carbocycles. The van der Waals surface area contributed by atoms with E-state index in [1.807, 2.05) is 30.3 Å². The van der Waals surface area contributed by atoms with E-state index in [0.29, 0.717) is 19.6 Å². The first-order valence-corrected chi connectivity index (χ1v) is 8.42. The lowest BCUT2D eigenvalue weighted by molar-refractivity contribution is 0.162. The maximum atomic E-state index is 12.2. The quantitative estimate of drug-likeness (QED) is 0.708. The molecule has 0 bridgehead atoms. The van der Waals surface area contributed by atoms with Crippen LogP contribution in [0.4, 0.5) is 0 Å². The summed E-state index contributed by atoms with van der Waals surface area (Å²) in [4.78, 5) is 0. The van der Waals surface area contributed by atoms with E-state index in [4.69, 9.17) is 9.05 Å². The number of aryl methyl sites for hydroxylation is 1. The second-order valence-electron chi connectivity index (χ2n) is 4.31. The summed E-state index contributed by atoms with van der Waals surface area (Å²) in [6.45, 7) is 4.18. The third kappa shape index (κ3) is 6.35. The molecule has 0 spiro atoms. The number of aliphatic hydroxyl groups excluding tert-OH is 1. The molecule has 1 aromatic rings. The van der Waals surface area contributed by atoms with Crippen LogP contribution in [0, 0.1) is 0 Å². The molecule has 108 valence electrons. The zero-order chi connectivity index (χ0) is 14.1. The molecule has 0 aliphatic carbocycles. The average Bonchev–Trinajstić information content (AvgIpc) is 2.38. The summed E-state index contributed by atoms with van der Waals surface area (Å²) in [6, 6.07) is 9.91. The lowest BCUT2D eigenvalue weighted by atomic mass is 10.1. The molecular weight excluding hydrogens is 263 g/mol. The van der Waals surface area contributed by atoms with Gasteiger partial charge in [-0.3, -0.25) is 4.57 Å². The SMILES string of the molecule is CCOP(=O)(CC(O)CCc1ccccc1)OCC. The lowest BCUT2D eigenvalue weighted by Gasteiger charge is -2.20. The van der Waals surface area contributed by atoms with E-state index < -0.39 is 13.7 Å². The van der Waals surface area contributed by atoms with Crippen molar-refractivity contribution in [3.63, 3.8) is 0 Å². The summed E-state index contributed by atoms with van der Waals surface area (Å²) in [5, 5.41) is 9.97. The summed E-state index contributed by atoms with van der Waals surface area (Å²) in [5.41, 5.74) is 1.16. The van der Waals surface area contributed by atoms with Crippen molar-refractivity contribution >= 4 is 7.60 Å². The highest BCUT2D eigenvalue weighted by molar-refractivity contribution is 7.53. The van der Waals surface area contributed by atoms with Gasteiger partial charge in [-0.2, -0.15) is 0 Å². The van der Waals surface area contributed by atoms with Gasteiger partial charge in [-0.05, 0) is 32.3 Å². The molecule has 0 aliphatic heterocycles. The highest BCUT2D eigenvalue weighted by Crippen LogP contribution is 2.48. The van der Waals surface area contributed by atoms with Crippen molar-refractivity contribution in [3.05, 3.63) is 35.9 Å². The lowest BCUT2D eigenvalue weighted by Crippen LogP contribution is -2.16. The monoisotopic (exact) mass is 286 g/mol. The Balaban J connectivity index is 2.44. The molecule has 0 amide bonds. The Labute approximate surface area is 115 Å². The Hall–Kier alpha value is -0.670. The van der Waals surface area contributed by atoms with E-state index in [0.717, 1.165) is 12.0 Å². The van der Waals surface area contributed by atoms with E-state index in [1.54, 1.807) is 13.8 Å². The second-order valence-corrected chi connectivity index (χ2v) is 6.41. The summed E-state index contributed by atoms with van der Waals surface area (Å²) in [6.07, 6.45) is 0.680. The van der Waals surface area contributed by atoms with Crippen LogP contribution in [0.15, 0.2) is 30.3 Å². The summed E-state index contributed by atoms with van der Waals surface area (Å²) >= 11 is 0. The van der Waals surface area contributed by atoms with Crippen LogP contribution in [0.2, 0.25) is 0 Å². The number of aliphatic hydroxyl groups is 1. The van der Waals surface area contributed by atoms with Gasteiger partial charge in [-0.25, -0.2) is 0 Å². The number of hydrogen-bond donors (Lipinski definition) is 1. The summed E-state index contributed by atoms with van der Waals surface area (Å²) < 4.78 is 22.6. The zero-order valence-electron chi connectivity index (χ0n) is 11.6. The van der Waals surface area contributed by atoms with Gasteiger partial charge in [0, 0.05) is 0 Å². The van der Waals surface area contributed by atoms with Crippen LogP contribution >= 0.6 is 7.60 Å². The standard InChI is InChI=1S/C14H23O4P/c1-3-17-19(16,18-4-2)12-14(15)11-10-13-8-6-5-7-9-13/h5-9,14-15H,3-4,10-12H2,1-2H3. The van der Waals surface area contributed by atoms with Gasteiger partial charge in [-0.1, -0.05) is 30.3 Å². The Morgan fingerprint density at radius 3 is 2.26 bits per heavy atom.